The Morgan fingerprint density at radius 2 is 1.75 bits per heavy atom. The number of allylic oxidation sites excluding steroid dienone is 1. The highest BCUT2D eigenvalue weighted by Gasteiger charge is 2.59. The third kappa shape index (κ3) is 6.29. The lowest BCUT2D eigenvalue weighted by atomic mass is 9.65. The number of ether oxygens (including phenoxy) is 1. The van der Waals surface area contributed by atoms with Gasteiger partial charge in [0, 0.05) is 23.3 Å². The zero-order valence-electron chi connectivity index (χ0n) is 31.8. The number of sulfonamides is 1. The lowest BCUT2D eigenvalue weighted by Gasteiger charge is -2.48. The van der Waals surface area contributed by atoms with Crippen LogP contribution in [0.15, 0.2) is 65.1 Å². The first-order chi connectivity index (χ1) is 26.9. The van der Waals surface area contributed by atoms with E-state index in [1.54, 1.807) is 11.8 Å². The zero-order valence-corrected chi connectivity index (χ0v) is 32.6. The summed E-state index contributed by atoms with van der Waals surface area (Å²) in [4.78, 5) is 55.1. The van der Waals surface area contributed by atoms with E-state index in [9.17, 15) is 22.8 Å². The number of aromatic nitrogens is 2. The van der Waals surface area contributed by atoms with Crippen molar-refractivity contribution in [3.63, 3.8) is 0 Å². The number of nitrogens with one attached hydrogen (secondary N) is 3. The lowest BCUT2D eigenvalue weighted by molar-refractivity contribution is -0.144. The van der Waals surface area contributed by atoms with Gasteiger partial charge in [-0.1, -0.05) is 55.3 Å². The first-order valence-electron chi connectivity index (χ1n) is 19.9. The number of fused-ring (bicyclic) bond motifs is 6. The van der Waals surface area contributed by atoms with Crippen LogP contribution in [0, 0.1) is 12.8 Å². The number of rotatable bonds is 5. The Balaban J connectivity index is 1.08. The fraction of sp³-hybridized carbons (Fsp3) is 0.500. The molecule has 2 aliphatic carbocycles. The van der Waals surface area contributed by atoms with Gasteiger partial charge in [0.2, 0.25) is 21.8 Å². The molecular weight excluding hydrogens is 733 g/mol. The Morgan fingerprint density at radius 3 is 2.52 bits per heavy atom. The summed E-state index contributed by atoms with van der Waals surface area (Å²) in [6, 6.07) is 13.8. The number of benzene rings is 2. The fourth-order valence-corrected chi connectivity index (χ4v) is 10.4. The van der Waals surface area contributed by atoms with E-state index in [1.165, 1.54) is 0 Å². The van der Waals surface area contributed by atoms with Gasteiger partial charge in [-0.15, -0.1) is 0 Å². The molecule has 2 aromatic heterocycles. The molecule has 5 atom stereocenters. The molecular formula is C42H48N6O7S. The number of para-hydroxylation sites is 3. The average molecular weight is 781 g/mol. The van der Waals surface area contributed by atoms with Crippen LogP contribution >= 0.6 is 0 Å². The van der Waals surface area contributed by atoms with Gasteiger partial charge in [0.25, 0.3) is 11.9 Å². The van der Waals surface area contributed by atoms with Crippen LogP contribution in [0.4, 0.5) is 6.01 Å². The van der Waals surface area contributed by atoms with Crippen LogP contribution in [0.3, 0.4) is 0 Å². The molecule has 2 aromatic carbocycles. The van der Waals surface area contributed by atoms with Crippen molar-refractivity contribution in [2.45, 2.75) is 119 Å². The molecule has 1 saturated heterocycles. The van der Waals surface area contributed by atoms with E-state index in [0.29, 0.717) is 55.4 Å². The molecule has 0 radical (unpaired) electrons. The standard InChI is InChI=1S/C42H48N6O7S/c1-26-35-29(28-13-8-9-14-30(28)43-26)19-20-41(55-35)24-33-36(49)46-42(38(51)47-56(52,53)40(2)22-23-40)21-18-27(42)12-6-4-3-5-7-16-32(37(50)48(33)25-41)45-39-44-31-15-10-11-17-34(31)54-39/h6,8-15,17,27,32-33H,3-5,7,16,18-25H2,1-2H3,(H,44,45)(H,46,49)(H,47,51)/b12-6-/t27-,32+,33+,41-,42-/m1/s1. The Kier molecular flexibility index (Phi) is 8.90. The normalized spacial score (nSPS) is 29.5. The van der Waals surface area contributed by atoms with Crippen LogP contribution in [0.25, 0.3) is 22.0 Å². The fourth-order valence-electron chi connectivity index (χ4n) is 9.10. The van der Waals surface area contributed by atoms with Crippen molar-refractivity contribution in [1.29, 1.82) is 0 Å². The summed E-state index contributed by atoms with van der Waals surface area (Å²) in [5, 5.41) is 7.36. The summed E-state index contributed by atoms with van der Waals surface area (Å²) in [7, 11) is -3.98. The number of aryl methyl sites for hydroxylation is 2. The molecule has 5 heterocycles. The monoisotopic (exact) mass is 780 g/mol. The number of anilines is 1. The largest absolute Gasteiger partial charge is 0.483 e. The lowest BCUT2D eigenvalue weighted by Crippen LogP contribution is -2.70. The maximum Gasteiger partial charge on any atom is 0.296 e. The van der Waals surface area contributed by atoms with Crippen LogP contribution in [0.1, 0.15) is 88.8 Å². The number of pyridine rings is 1. The van der Waals surface area contributed by atoms with Gasteiger partial charge in [-0.05, 0) is 89.8 Å². The molecule has 2 saturated carbocycles. The highest BCUT2D eigenvalue weighted by molar-refractivity contribution is 7.91. The van der Waals surface area contributed by atoms with Crippen LogP contribution in [-0.4, -0.2) is 75.5 Å². The highest BCUT2D eigenvalue weighted by atomic mass is 32.2. The third-order valence-corrected chi connectivity index (χ3v) is 15.1. The van der Waals surface area contributed by atoms with Gasteiger partial charge < -0.3 is 24.7 Å². The molecule has 3 N–H and O–H groups in total. The second kappa shape index (κ2) is 13.6. The Labute approximate surface area is 326 Å². The van der Waals surface area contributed by atoms with Crippen LogP contribution in [0.5, 0.6) is 5.75 Å². The van der Waals surface area contributed by atoms with E-state index in [0.717, 1.165) is 47.8 Å². The topological polar surface area (TPSA) is 173 Å². The molecule has 3 fully saturated rings. The predicted octanol–water partition coefficient (Wildman–Crippen LogP) is 5.61. The summed E-state index contributed by atoms with van der Waals surface area (Å²) in [6.07, 6.45) is 10.8. The molecule has 3 amide bonds. The zero-order chi connectivity index (χ0) is 38.9. The van der Waals surface area contributed by atoms with Gasteiger partial charge in [0.05, 0.1) is 22.5 Å². The molecule has 294 valence electrons. The van der Waals surface area contributed by atoms with E-state index >= 15 is 0 Å². The van der Waals surface area contributed by atoms with Crippen molar-refractivity contribution in [2.75, 3.05) is 11.9 Å². The van der Waals surface area contributed by atoms with Crippen LogP contribution in [0.2, 0.25) is 0 Å². The van der Waals surface area contributed by atoms with E-state index in [2.05, 4.69) is 20.3 Å². The number of nitrogens with zero attached hydrogens (tertiary/aromatic N) is 3. The summed E-state index contributed by atoms with van der Waals surface area (Å²) in [5.41, 5.74) is 1.52. The number of carbonyl (C=O) groups is 3. The summed E-state index contributed by atoms with van der Waals surface area (Å²) >= 11 is 0. The van der Waals surface area contributed by atoms with E-state index in [1.807, 2.05) is 67.6 Å². The third-order valence-electron chi connectivity index (χ3n) is 12.9. The minimum absolute atomic E-state index is 0.136. The Hall–Kier alpha value is -4.98. The molecule has 0 bridgehead atoms. The Morgan fingerprint density at radius 1 is 0.964 bits per heavy atom. The Bertz CT molecular complexity index is 2360. The minimum Gasteiger partial charge on any atom is -0.483 e. The van der Waals surface area contributed by atoms with Gasteiger partial charge in [-0.25, -0.2) is 13.4 Å². The quantitative estimate of drug-likeness (QED) is 0.216. The summed E-state index contributed by atoms with van der Waals surface area (Å²) < 4.78 is 41.0. The smallest absolute Gasteiger partial charge is 0.296 e. The molecule has 0 unspecified atom stereocenters. The molecule has 3 aliphatic heterocycles. The number of amides is 3. The maximum atomic E-state index is 15.0. The highest BCUT2D eigenvalue weighted by Crippen LogP contribution is 2.47. The van der Waals surface area contributed by atoms with Crippen LogP contribution < -0.4 is 20.1 Å². The van der Waals surface area contributed by atoms with Crippen molar-refractivity contribution in [2.24, 2.45) is 5.92 Å². The number of carbonyl (C=O) groups excluding carboxylic acids is 3. The minimum atomic E-state index is -3.98. The first-order valence-corrected chi connectivity index (χ1v) is 21.4. The second-order valence-corrected chi connectivity index (χ2v) is 18.9. The van der Waals surface area contributed by atoms with Crippen molar-refractivity contribution < 1.29 is 32.0 Å². The predicted molar refractivity (Wildman–Crippen MR) is 210 cm³/mol. The maximum absolute atomic E-state index is 15.0. The average Bonchev–Trinajstić information content (AvgIpc) is 3.65. The molecule has 1 spiro atoms. The van der Waals surface area contributed by atoms with Gasteiger partial charge in [0.1, 0.15) is 34.5 Å². The number of oxazole rings is 1. The number of hydrogen-bond donors (Lipinski definition) is 3. The second-order valence-electron chi connectivity index (χ2n) is 16.7. The van der Waals surface area contributed by atoms with Gasteiger partial charge in [-0.2, -0.15) is 4.98 Å². The van der Waals surface area contributed by atoms with Crippen molar-refractivity contribution in [3.8, 4) is 5.75 Å². The summed E-state index contributed by atoms with van der Waals surface area (Å²) in [6.45, 7) is 3.68. The van der Waals surface area contributed by atoms with Crippen LogP contribution in [-0.2, 0) is 30.8 Å². The molecule has 13 nitrogen and oxygen atoms in total. The van der Waals surface area contributed by atoms with E-state index in [-0.39, 0.29) is 31.3 Å². The van der Waals surface area contributed by atoms with Gasteiger partial charge in [0.15, 0.2) is 5.58 Å². The molecule has 14 heteroatoms. The van der Waals surface area contributed by atoms with Gasteiger partial charge in [-0.3, -0.25) is 19.1 Å². The van der Waals surface area contributed by atoms with E-state index < -0.39 is 55.7 Å². The number of hydrogen-bond acceptors (Lipinski definition) is 10. The molecule has 56 heavy (non-hydrogen) atoms. The summed E-state index contributed by atoms with van der Waals surface area (Å²) in [5.74, 6) is -1.29. The first kappa shape index (κ1) is 36.6. The van der Waals surface area contributed by atoms with Crippen molar-refractivity contribution in [1.82, 2.24) is 24.9 Å². The molecule has 4 aromatic rings. The van der Waals surface area contributed by atoms with E-state index in [4.69, 9.17) is 14.1 Å². The SMILES string of the molecule is Cc1nc2ccccc2c2c1O[C@]1(CC2)C[C@H]2C(=O)N[C@]3(C(=O)NS(=O)(=O)C4(C)CC4)CC[C@H]3/C=C\CCCCC[C@H](Nc3nc4ccccc4o3)C(=O)N2C1. The van der Waals surface area contributed by atoms with Crippen molar-refractivity contribution in [3.05, 3.63) is 71.9 Å². The van der Waals surface area contributed by atoms with Gasteiger partial charge >= 0.3 is 0 Å². The van der Waals surface area contributed by atoms with Crippen molar-refractivity contribution >= 4 is 55.8 Å². The molecule has 5 aliphatic rings. The molecule has 9 rings (SSSR count).